The van der Waals surface area contributed by atoms with E-state index in [1.165, 1.54) is 38.9 Å². The zero-order valence-corrected chi connectivity index (χ0v) is 11.3. The lowest BCUT2D eigenvalue weighted by molar-refractivity contribution is 0.219. The maximum atomic E-state index is 4.39. The smallest absolute Gasteiger partial charge is 0.224 e. The quantitative estimate of drug-likeness (QED) is 0.833. The molecule has 1 aliphatic heterocycles. The van der Waals surface area contributed by atoms with Crippen LogP contribution in [0.3, 0.4) is 0 Å². The molecule has 0 aromatic carbocycles. The normalized spacial score (nSPS) is 17.7. The summed E-state index contributed by atoms with van der Waals surface area (Å²) in [5.41, 5.74) is 0. The summed E-state index contributed by atoms with van der Waals surface area (Å²) in [5, 5.41) is 6.46. The third kappa shape index (κ3) is 3.57. The molecule has 2 N–H and O–H groups in total. The van der Waals surface area contributed by atoms with Crippen LogP contribution in [0.4, 0.5) is 11.8 Å². The molecule has 1 aliphatic rings. The summed E-state index contributed by atoms with van der Waals surface area (Å²) in [6, 6.07) is 2.47. The van der Waals surface area contributed by atoms with Crippen LogP contribution in [0.15, 0.2) is 12.3 Å². The van der Waals surface area contributed by atoms with Gasteiger partial charge in [-0.2, -0.15) is 4.98 Å². The van der Waals surface area contributed by atoms with E-state index in [-0.39, 0.29) is 0 Å². The molecule has 1 aromatic heterocycles. The Labute approximate surface area is 109 Å². The fourth-order valence-corrected chi connectivity index (χ4v) is 2.39. The number of anilines is 2. The summed E-state index contributed by atoms with van der Waals surface area (Å²) in [6.07, 6.45) is 5.42. The molecule has 5 heteroatoms. The first kappa shape index (κ1) is 13.1. The highest BCUT2D eigenvalue weighted by molar-refractivity contribution is 5.40. The average Bonchev–Trinajstić information content (AvgIpc) is 2.42. The van der Waals surface area contributed by atoms with Crippen molar-refractivity contribution in [2.75, 3.05) is 37.3 Å². The fraction of sp³-hybridized carbons (Fsp3) is 0.692. The van der Waals surface area contributed by atoms with Gasteiger partial charge in [-0.15, -0.1) is 0 Å². The van der Waals surface area contributed by atoms with Crippen LogP contribution in [0.2, 0.25) is 0 Å². The summed E-state index contributed by atoms with van der Waals surface area (Å²) in [6.45, 7) is 5.85. The fourth-order valence-electron chi connectivity index (χ4n) is 2.39. The van der Waals surface area contributed by atoms with Crippen LogP contribution >= 0.6 is 0 Å². The van der Waals surface area contributed by atoms with Crippen molar-refractivity contribution >= 4 is 11.8 Å². The standard InChI is InChI=1S/C13H23N5/c1-3-8-18-9-5-11(6-10-18)16-12-4-7-15-13(14-2)17-12/h4,7,11H,3,5-6,8-10H2,1-2H3,(H2,14,15,16,17). The summed E-state index contributed by atoms with van der Waals surface area (Å²) < 4.78 is 0. The first-order valence-corrected chi connectivity index (χ1v) is 6.81. The summed E-state index contributed by atoms with van der Waals surface area (Å²) in [5.74, 6) is 1.59. The molecule has 1 fully saturated rings. The van der Waals surface area contributed by atoms with Gasteiger partial charge in [-0.3, -0.25) is 0 Å². The van der Waals surface area contributed by atoms with Gasteiger partial charge in [0.05, 0.1) is 0 Å². The summed E-state index contributed by atoms with van der Waals surface area (Å²) >= 11 is 0. The van der Waals surface area contributed by atoms with Gasteiger partial charge in [0.25, 0.3) is 0 Å². The third-order valence-electron chi connectivity index (χ3n) is 3.36. The minimum atomic E-state index is 0.540. The number of nitrogens with zero attached hydrogens (tertiary/aromatic N) is 3. The number of hydrogen-bond acceptors (Lipinski definition) is 5. The zero-order valence-electron chi connectivity index (χ0n) is 11.3. The van der Waals surface area contributed by atoms with Crippen molar-refractivity contribution in [3.8, 4) is 0 Å². The number of piperidine rings is 1. The Hall–Kier alpha value is -1.36. The lowest BCUT2D eigenvalue weighted by Crippen LogP contribution is -2.39. The van der Waals surface area contributed by atoms with Crippen LogP contribution in [0.25, 0.3) is 0 Å². The molecule has 0 atom stereocenters. The van der Waals surface area contributed by atoms with E-state index in [4.69, 9.17) is 0 Å². The minimum Gasteiger partial charge on any atom is -0.367 e. The van der Waals surface area contributed by atoms with Crippen molar-refractivity contribution in [1.29, 1.82) is 0 Å². The van der Waals surface area contributed by atoms with E-state index < -0.39 is 0 Å². The van der Waals surface area contributed by atoms with Gasteiger partial charge < -0.3 is 15.5 Å². The Morgan fingerprint density at radius 3 is 2.83 bits per heavy atom. The van der Waals surface area contributed by atoms with Crippen LogP contribution in [0.1, 0.15) is 26.2 Å². The van der Waals surface area contributed by atoms with E-state index in [1.807, 2.05) is 13.1 Å². The molecule has 5 nitrogen and oxygen atoms in total. The molecular weight excluding hydrogens is 226 g/mol. The number of aromatic nitrogens is 2. The molecule has 0 spiro atoms. The van der Waals surface area contributed by atoms with Gasteiger partial charge in [-0.1, -0.05) is 6.92 Å². The minimum absolute atomic E-state index is 0.540. The first-order valence-electron chi connectivity index (χ1n) is 6.81. The van der Waals surface area contributed by atoms with Crippen molar-refractivity contribution in [2.24, 2.45) is 0 Å². The molecule has 0 amide bonds. The van der Waals surface area contributed by atoms with Crippen LogP contribution in [-0.2, 0) is 0 Å². The molecule has 18 heavy (non-hydrogen) atoms. The van der Waals surface area contributed by atoms with Gasteiger partial charge in [-0.25, -0.2) is 4.98 Å². The second kappa shape index (κ2) is 6.54. The second-order valence-corrected chi connectivity index (χ2v) is 4.78. The Morgan fingerprint density at radius 2 is 2.17 bits per heavy atom. The topological polar surface area (TPSA) is 53.1 Å². The number of nitrogens with one attached hydrogen (secondary N) is 2. The van der Waals surface area contributed by atoms with Crippen molar-refractivity contribution < 1.29 is 0 Å². The van der Waals surface area contributed by atoms with E-state index in [0.717, 1.165) is 5.82 Å². The maximum absolute atomic E-state index is 4.39. The second-order valence-electron chi connectivity index (χ2n) is 4.78. The predicted molar refractivity (Wildman–Crippen MR) is 75.0 cm³/mol. The van der Waals surface area contributed by atoms with E-state index in [0.29, 0.717) is 12.0 Å². The largest absolute Gasteiger partial charge is 0.367 e. The van der Waals surface area contributed by atoms with E-state index >= 15 is 0 Å². The SMILES string of the molecule is CCCN1CCC(Nc2ccnc(NC)n2)CC1. The molecular formula is C13H23N5. The Kier molecular flexibility index (Phi) is 4.75. The monoisotopic (exact) mass is 249 g/mol. The Balaban J connectivity index is 1.83. The van der Waals surface area contributed by atoms with Crippen LogP contribution < -0.4 is 10.6 Å². The average molecular weight is 249 g/mol. The maximum Gasteiger partial charge on any atom is 0.224 e. The molecule has 0 unspecified atom stereocenters. The van der Waals surface area contributed by atoms with E-state index in [1.54, 1.807) is 6.20 Å². The highest BCUT2D eigenvalue weighted by Gasteiger charge is 2.18. The molecule has 2 heterocycles. The number of hydrogen-bond donors (Lipinski definition) is 2. The first-order chi connectivity index (χ1) is 8.81. The van der Waals surface area contributed by atoms with Crippen LogP contribution in [0, 0.1) is 0 Å². The van der Waals surface area contributed by atoms with Crippen molar-refractivity contribution in [2.45, 2.75) is 32.2 Å². The van der Waals surface area contributed by atoms with E-state index in [9.17, 15) is 0 Å². The van der Waals surface area contributed by atoms with Crippen LogP contribution in [0.5, 0.6) is 0 Å². The number of rotatable bonds is 5. The number of likely N-dealkylation sites (tertiary alicyclic amines) is 1. The predicted octanol–water partition coefficient (Wildman–Crippen LogP) is 1.80. The van der Waals surface area contributed by atoms with Gasteiger partial charge >= 0.3 is 0 Å². The Bertz CT molecular complexity index is 360. The van der Waals surface area contributed by atoms with Crippen LogP contribution in [-0.4, -0.2) is 47.6 Å². The lowest BCUT2D eigenvalue weighted by atomic mass is 10.0. The van der Waals surface area contributed by atoms with Gasteiger partial charge in [0.1, 0.15) is 5.82 Å². The molecule has 0 aliphatic carbocycles. The van der Waals surface area contributed by atoms with Gasteiger partial charge in [0.2, 0.25) is 5.95 Å². The molecule has 0 radical (unpaired) electrons. The Morgan fingerprint density at radius 1 is 1.39 bits per heavy atom. The highest BCUT2D eigenvalue weighted by atomic mass is 15.2. The zero-order chi connectivity index (χ0) is 12.8. The van der Waals surface area contributed by atoms with E-state index in [2.05, 4.69) is 32.4 Å². The molecule has 1 aromatic rings. The lowest BCUT2D eigenvalue weighted by Gasteiger charge is -2.32. The molecule has 1 saturated heterocycles. The molecule has 0 saturated carbocycles. The van der Waals surface area contributed by atoms with Gasteiger partial charge in [0.15, 0.2) is 0 Å². The van der Waals surface area contributed by atoms with Crippen molar-refractivity contribution in [1.82, 2.24) is 14.9 Å². The molecule has 100 valence electrons. The summed E-state index contributed by atoms with van der Waals surface area (Å²) in [7, 11) is 1.84. The molecule has 0 bridgehead atoms. The summed E-state index contributed by atoms with van der Waals surface area (Å²) in [4.78, 5) is 11.0. The third-order valence-corrected chi connectivity index (χ3v) is 3.36. The van der Waals surface area contributed by atoms with Gasteiger partial charge in [0, 0.05) is 32.4 Å². The highest BCUT2D eigenvalue weighted by Crippen LogP contribution is 2.15. The molecule has 2 rings (SSSR count). The van der Waals surface area contributed by atoms with Gasteiger partial charge in [-0.05, 0) is 31.9 Å². The van der Waals surface area contributed by atoms with Crippen molar-refractivity contribution in [3.63, 3.8) is 0 Å². The van der Waals surface area contributed by atoms with Crippen molar-refractivity contribution in [3.05, 3.63) is 12.3 Å².